The van der Waals surface area contributed by atoms with Crippen molar-refractivity contribution in [2.24, 2.45) is 5.41 Å². The van der Waals surface area contributed by atoms with Crippen LogP contribution in [0.3, 0.4) is 0 Å². The first-order chi connectivity index (χ1) is 9.57. The van der Waals surface area contributed by atoms with E-state index in [1.165, 1.54) is 12.0 Å². The monoisotopic (exact) mass is 272 g/mol. The van der Waals surface area contributed by atoms with E-state index in [0.29, 0.717) is 0 Å². The van der Waals surface area contributed by atoms with Gasteiger partial charge in [-0.3, -0.25) is 0 Å². The fraction of sp³-hybridized carbons (Fsp3) is 0.588. The Morgan fingerprint density at radius 3 is 2.30 bits per heavy atom. The molecule has 0 spiro atoms. The van der Waals surface area contributed by atoms with Crippen molar-refractivity contribution in [1.29, 1.82) is 5.26 Å². The Bertz CT molecular complexity index is 467. The Labute approximate surface area is 121 Å². The molecule has 1 fully saturated rings. The zero-order valence-corrected chi connectivity index (χ0v) is 12.5. The Morgan fingerprint density at radius 2 is 1.80 bits per heavy atom. The summed E-state index contributed by atoms with van der Waals surface area (Å²) in [4.78, 5) is 2.16. The highest BCUT2D eigenvalue weighted by Gasteiger charge is 2.41. The van der Waals surface area contributed by atoms with Crippen LogP contribution in [0.2, 0.25) is 0 Å². The van der Waals surface area contributed by atoms with Crippen LogP contribution in [0, 0.1) is 16.7 Å². The molecule has 1 N–H and O–H groups in total. The lowest BCUT2D eigenvalue weighted by atomic mass is 9.64. The van der Waals surface area contributed by atoms with Gasteiger partial charge in [-0.15, -0.1) is 0 Å². The molecule has 0 bridgehead atoms. The molecule has 1 aliphatic rings. The number of benzene rings is 1. The van der Waals surface area contributed by atoms with Crippen molar-refractivity contribution < 1.29 is 5.11 Å². The lowest BCUT2D eigenvalue weighted by Crippen LogP contribution is -2.36. The Hall–Kier alpha value is -1.53. The molecular weight excluding hydrogens is 248 g/mol. The number of rotatable bonds is 4. The van der Waals surface area contributed by atoms with E-state index in [-0.39, 0.29) is 17.1 Å². The predicted molar refractivity (Wildman–Crippen MR) is 80.5 cm³/mol. The van der Waals surface area contributed by atoms with Gasteiger partial charge in [0.05, 0.1) is 11.5 Å². The molecule has 108 valence electrons. The number of hydrogen-bond donors (Lipinski definition) is 1. The Balaban J connectivity index is 2.35. The summed E-state index contributed by atoms with van der Waals surface area (Å²) in [5, 5.41) is 19.3. The van der Waals surface area contributed by atoms with Crippen molar-refractivity contribution >= 4 is 0 Å². The van der Waals surface area contributed by atoms with Crippen LogP contribution < -0.4 is 0 Å². The quantitative estimate of drug-likeness (QED) is 0.912. The molecule has 3 nitrogen and oxygen atoms in total. The number of nitrogens with zero attached hydrogens (tertiary/aromatic N) is 2. The van der Waals surface area contributed by atoms with Gasteiger partial charge in [0.15, 0.2) is 0 Å². The Morgan fingerprint density at radius 1 is 1.20 bits per heavy atom. The summed E-state index contributed by atoms with van der Waals surface area (Å²) in [6.07, 6.45) is 5.52. The van der Waals surface area contributed by atoms with Crippen molar-refractivity contribution in [3.63, 3.8) is 0 Å². The molecule has 0 aromatic heterocycles. The molecule has 0 radical (unpaired) electrons. The average Bonchev–Trinajstić information content (AvgIpc) is 2.46. The van der Waals surface area contributed by atoms with Gasteiger partial charge >= 0.3 is 0 Å². The molecule has 2 rings (SSSR count). The first-order valence-corrected chi connectivity index (χ1v) is 7.42. The number of phenols is 1. The highest BCUT2D eigenvalue weighted by atomic mass is 16.3. The lowest BCUT2D eigenvalue weighted by molar-refractivity contribution is 0.184. The molecule has 1 atom stereocenters. The van der Waals surface area contributed by atoms with Gasteiger partial charge in [0.1, 0.15) is 5.75 Å². The van der Waals surface area contributed by atoms with Gasteiger partial charge < -0.3 is 10.0 Å². The highest BCUT2D eigenvalue weighted by molar-refractivity contribution is 5.32. The number of phenolic OH excluding ortho intramolecular Hbond substituents is 1. The van der Waals surface area contributed by atoms with E-state index in [1.54, 1.807) is 12.1 Å². The third kappa shape index (κ3) is 3.13. The van der Waals surface area contributed by atoms with E-state index in [1.807, 2.05) is 12.1 Å². The zero-order valence-electron chi connectivity index (χ0n) is 12.5. The number of likely N-dealkylation sites (N-methyl/N-ethyl adjacent to an activating group) is 1. The van der Waals surface area contributed by atoms with Crippen molar-refractivity contribution in [1.82, 2.24) is 4.90 Å². The minimum absolute atomic E-state index is 0.211. The molecule has 1 unspecified atom stereocenters. The van der Waals surface area contributed by atoms with Crippen LogP contribution in [0.5, 0.6) is 5.75 Å². The topological polar surface area (TPSA) is 47.3 Å². The summed E-state index contributed by atoms with van der Waals surface area (Å²) in [6.45, 7) is 0.873. The van der Waals surface area contributed by atoms with E-state index in [9.17, 15) is 10.4 Å². The maximum Gasteiger partial charge on any atom is 0.115 e. The molecule has 1 aromatic rings. The minimum atomic E-state index is -0.251. The predicted octanol–water partition coefficient (Wildman–Crippen LogP) is 3.51. The van der Waals surface area contributed by atoms with Crippen LogP contribution in [-0.2, 0) is 0 Å². The van der Waals surface area contributed by atoms with Crippen LogP contribution in [0.4, 0.5) is 0 Å². The van der Waals surface area contributed by atoms with Crippen LogP contribution in [0.25, 0.3) is 0 Å². The van der Waals surface area contributed by atoms with Crippen molar-refractivity contribution in [2.45, 2.75) is 38.0 Å². The summed E-state index contributed by atoms with van der Waals surface area (Å²) >= 11 is 0. The molecular formula is C17H24N2O. The third-order valence-corrected chi connectivity index (χ3v) is 4.48. The SMILES string of the molecule is CN(C)CC(c1ccc(O)cc1)C1(C#N)CCCCC1. The van der Waals surface area contributed by atoms with Crippen molar-refractivity contribution in [3.05, 3.63) is 29.8 Å². The van der Waals surface area contributed by atoms with E-state index in [2.05, 4.69) is 25.1 Å². The first kappa shape index (κ1) is 14.9. The van der Waals surface area contributed by atoms with Gasteiger partial charge in [-0.25, -0.2) is 0 Å². The third-order valence-electron chi connectivity index (χ3n) is 4.48. The summed E-state index contributed by atoms with van der Waals surface area (Å²) in [5.74, 6) is 0.496. The summed E-state index contributed by atoms with van der Waals surface area (Å²) < 4.78 is 0. The maximum absolute atomic E-state index is 9.82. The first-order valence-electron chi connectivity index (χ1n) is 7.42. The number of nitriles is 1. The van der Waals surface area contributed by atoms with Gasteiger partial charge in [-0.1, -0.05) is 31.4 Å². The summed E-state index contributed by atoms with van der Waals surface area (Å²) in [5.41, 5.74) is 0.916. The van der Waals surface area contributed by atoms with Gasteiger partial charge in [0.2, 0.25) is 0 Å². The summed E-state index contributed by atoms with van der Waals surface area (Å²) in [6, 6.07) is 10.0. The van der Waals surface area contributed by atoms with Gasteiger partial charge in [-0.2, -0.15) is 5.26 Å². The molecule has 0 aliphatic heterocycles. The van der Waals surface area contributed by atoms with Crippen LogP contribution in [-0.4, -0.2) is 30.6 Å². The average molecular weight is 272 g/mol. The van der Waals surface area contributed by atoms with Crippen molar-refractivity contribution in [2.75, 3.05) is 20.6 Å². The van der Waals surface area contributed by atoms with Gasteiger partial charge in [0.25, 0.3) is 0 Å². The Kier molecular flexibility index (Phi) is 4.67. The van der Waals surface area contributed by atoms with Crippen LogP contribution in [0.15, 0.2) is 24.3 Å². The minimum Gasteiger partial charge on any atom is -0.508 e. The molecule has 3 heteroatoms. The molecule has 0 amide bonds. The normalized spacial score (nSPS) is 19.5. The van der Waals surface area contributed by atoms with E-state index < -0.39 is 0 Å². The van der Waals surface area contributed by atoms with E-state index >= 15 is 0 Å². The fourth-order valence-corrected chi connectivity index (χ4v) is 3.39. The second-order valence-corrected chi connectivity index (χ2v) is 6.23. The molecule has 0 saturated heterocycles. The van der Waals surface area contributed by atoms with Crippen LogP contribution in [0.1, 0.15) is 43.6 Å². The second-order valence-electron chi connectivity index (χ2n) is 6.23. The molecule has 1 aromatic carbocycles. The maximum atomic E-state index is 9.82. The smallest absolute Gasteiger partial charge is 0.115 e. The van der Waals surface area contributed by atoms with Crippen LogP contribution >= 0.6 is 0 Å². The molecule has 1 saturated carbocycles. The standard InChI is InChI=1S/C17H24N2O/c1-19(2)12-16(14-6-8-15(20)9-7-14)17(13-18)10-4-3-5-11-17/h6-9,16,20H,3-5,10-12H2,1-2H3. The zero-order chi connectivity index (χ0) is 14.6. The van der Waals surface area contributed by atoms with E-state index in [4.69, 9.17) is 0 Å². The fourth-order valence-electron chi connectivity index (χ4n) is 3.39. The lowest BCUT2D eigenvalue weighted by Gasteiger charge is -2.39. The molecule has 1 aliphatic carbocycles. The van der Waals surface area contributed by atoms with E-state index in [0.717, 1.165) is 32.2 Å². The molecule has 0 heterocycles. The van der Waals surface area contributed by atoms with Crippen molar-refractivity contribution in [3.8, 4) is 11.8 Å². The van der Waals surface area contributed by atoms with Gasteiger partial charge in [0, 0.05) is 12.5 Å². The second kappa shape index (κ2) is 6.28. The molecule has 20 heavy (non-hydrogen) atoms. The largest absolute Gasteiger partial charge is 0.508 e. The highest BCUT2D eigenvalue weighted by Crippen LogP contribution is 2.47. The number of hydrogen-bond acceptors (Lipinski definition) is 3. The summed E-state index contributed by atoms with van der Waals surface area (Å²) in [7, 11) is 4.11. The van der Waals surface area contributed by atoms with Gasteiger partial charge in [-0.05, 0) is 44.6 Å². The number of aromatic hydroxyl groups is 1.